The fourth-order valence-corrected chi connectivity index (χ4v) is 1.58. The Hall–Kier alpha value is -1.76. The van der Waals surface area contributed by atoms with Gasteiger partial charge in [0.15, 0.2) is 0 Å². The van der Waals surface area contributed by atoms with Gasteiger partial charge in [0.25, 0.3) is 5.91 Å². The third kappa shape index (κ3) is 2.68. The summed E-state index contributed by atoms with van der Waals surface area (Å²) < 4.78 is 14.0. The highest BCUT2D eigenvalue weighted by Gasteiger charge is 2.13. The minimum absolute atomic E-state index is 0.0260. The van der Waals surface area contributed by atoms with Crippen molar-refractivity contribution in [1.29, 1.82) is 0 Å². The van der Waals surface area contributed by atoms with Gasteiger partial charge in [0, 0.05) is 4.47 Å². The van der Waals surface area contributed by atoms with E-state index in [4.69, 9.17) is 0 Å². The zero-order chi connectivity index (χ0) is 12.4. The van der Waals surface area contributed by atoms with Crippen molar-refractivity contribution in [1.82, 2.24) is 15.2 Å². The molecular weight excluding hydrogens is 291 g/mol. The highest BCUT2D eigenvalue weighted by atomic mass is 79.9. The molecule has 1 heterocycles. The van der Waals surface area contributed by atoms with Crippen molar-refractivity contribution in [2.75, 3.05) is 5.32 Å². The molecule has 0 atom stereocenters. The van der Waals surface area contributed by atoms with Gasteiger partial charge in [0.1, 0.15) is 11.6 Å². The summed E-state index contributed by atoms with van der Waals surface area (Å²) in [5.74, 6) is -0.591. The normalized spacial score (nSPS) is 10.3. The molecule has 2 aromatic rings. The summed E-state index contributed by atoms with van der Waals surface area (Å²) in [5, 5.41) is 8.61. The molecule has 0 aliphatic heterocycles. The lowest BCUT2D eigenvalue weighted by Crippen LogP contribution is -2.14. The van der Waals surface area contributed by atoms with Gasteiger partial charge in [0.05, 0.1) is 5.69 Å². The number of carbonyl (C=O) groups excluding carboxylic acids is 1. The number of nitrogens with one attached hydrogen (secondary N) is 2. The lowest BCUT2D eigenvalue weighted by Gasteiger charge is -2.04. The number of rotatable bonds is 2. The maximum atomic E-state index is 13.4. The molecule has 2 rings (SSSR count). The summed E-state index contributed by atoms with van der Waals surface area (Å²) in [5.41, 5.74) is 0.0758. The van der Waals surface area contributed by atoms with Crippen LogP contribution in [0.2, 0.25) is 0 Å². The number of aromatic nitrogens is 3. The number of hydrogen-bond donors (Lipinski definition) is 2. The van der Waals surface area contributed by atoms with Crippen LogP contribution in [-0.4, -0.2) is 21.1 Å². The molecule has 0 saturated carbocycles. The van der Waals surface area contributed by atoms with Crippen LogP contribution >= 0.6 is 15.9 Å². The molecule has 0 bridgehead atoms. The topological polar surface area (TPSA) is 70.7 Å². The van der Waals surface area contributed by atoms with Crippen molar-refractivity contribution in [3.63, 3.8) is 0 Å². The summed E-state index contributed by atoms with van der Waals surface area (Å²) in [6, 6.07) is 4.26. The SMILES string of the molecule is Cc1nc(C(=O)Nc2cc(Br)ccc2F)n[nH]1. The van der Waals surface area contributed by atoms with E-state index >= 15 is 0 Å². The first kappa shape index (κ1) is 11.7. The minimum Gasteiger partial charge on any atom is -0.317 e. The van der Waals surface area contributed by atoms with E-state index in [1.54, 1.807) is 13.0 Å². The molecule has 1 aromatic heterocycles. The van der Waals surface area contributed by atoms with E-state index in [0.717, 1.165) is 0 Å². The zero-order valence-corrected chi connectivity index (χ0v) is 10.4. The molecule has 1 aromatic carbocycles. The largest absolute Gasteiger partial charge is 0.317 e. The molecule has 7 heteroatoms. The number of hydrogen-bond acceptors (Lipinski definition) is 3. The molecule has 0 saturated heterocycles. The summed E-state index contributed by atoms with van der Waals surface area (Å²) in [6.45, 7) is 1.67. The second-order valence-corrected chi connectivity index (χ2v) is 4.24. The van der Waals surface area contributed by atoms with Crippen LogP contribution in [0.15, 0.2) is 22.7 Å². The van der Waals surface area contributed by atoms with Crippen molar-refractivity contribution in [3.8, 4) is 0 Å². The summed E-state index contributed by atoms with van der Waals surface area (Å²) >= 11 is 3.19. The van der Waals surface area contributed by atoms with Crippen LogP contribution in [0.5, 0.6) is 0 Å². The van der Waals surface area contributed by atoms with Gasteiger partial charge in [-0.3, -0.25) is 9.89 Å². The maximum Gasteiger partial charge on any atom is 0.295 e. The van der Waals surface area contributed by atoms with Crippen LogP contribution in [0.25, 0.3) is 0 Å². The number of amides is 1. The van der Waals surface area contributed by atoms with Gasteiger partial charge in [-0.05, 0) is 25.1 Å². The zero-order valence-electron chi connectivity index (χ0n) is 8.79. The third-order valence-electron chi connectivity index (χ3n) is 1.98. The van der Waals surface area contributed by atoms with Crippen LogP contribution in [0.3, 0.4) is 0 Å². The predicted octanol–water partition coefficient (Wildman–Crippen LogP) is 2.27. The van der Waals surface area contributed by atoms with Crippen LogP contribution in [0.4, 0.5) is 10.1 Å². The van der Waals surface area contributed by atoms with Gasteiger partial charge in [-0.25, -0.2) is 9.37 Å². The van der Waals surface area contributed by atoms with Crippen molar-refractivity contribution in [2.24, 2.45) is 0 Å². The minimum atomic E-state index is -0.564. The Kier molecular flexibility index (Phi) is 3.19. The van der Waals surface area contributed by atoms with E-state index in [0.29, 0.717) is 10.3 Å². The number of H-pyrrole nitrogens is 1. The Morgan fingerprint density at radius 2 is 2.29 bits per heavy atom. The highest BCUT2D eigenvalue weighted by Crippen LogP contribution is 2.20. The second-order valence-electron chi connectivity index (χ2n) is 3.32. The average molecular weight is 299 g/mol. The van der Waals surface area contributed by atoms with E-state index < -0.39 is 11.7 Å². The van der Waals surface area contributed by atoms with Gasteiger partial charge in [-0.2, -0.15) is 0 Å². The van der Waals surface area contributed by atoms with E-state index in [1.807, 2.05) is 0 Å². The molecular formula is C10H8BrFN4O. The van der Waals surface area contributed by atoms with Crippen LogP contribution < -0.4 is 5.32 Å². The molecule has 88 valence electrons. The number of aryl methyl sites for hydroxylation is 1. The third-order valence-corrected chi connectivity index (χ3v) is 2.47. The number of anilines is 1. The van der Waals surface area contributed by atoms with E-state index in [9.17, 15) is 9.18 Å². The summed E-state index contributed by atoms with van der Waals surface area (Å²) in [6.07, 6.45) is 0. The van der Waals surface area contributed by atoms with Crippen LogP contribution in [0, 0.1) is 12.7 Å². The van der Waals surface area contributed by atoms with Gasteiger partial charge < -0.3 is 5.32 Å². The Morgan fingerprint density at radius 3 is 2.94 bits per heavy atom. The molecule has 1 amide bonds. The monoisotopic (exact) mass is 298 g/mol. The fourth-order valence-electron chi connectivity index (χ4n) is 1.22. The first-order valence-electron chi connectivity index (χ1n) is 4.71. The van der Waals surface area contributed by atoms with E-state index in [2.05, 4.69) is 36.4 Å². The number of halogens is 2. The molecule has 2 N–H and O–H groups in total. The predicted molar refractivity (Wildman–Crippen MR) is 63.2 cm³/mol. The molecule has 0 aliphatic carbocycles. The molecule has 0 aliphatic rings. The molecule has 0 radical (unpaired) electrons. The Morgan fingerprint density at radius 1 is 1.53 bits per heavy atom. The first-order chi connectivity index (χ1) is 8.06. The van der Waals surface area contributed by atoms with E-state index in [1.165, 1.54) is 12.1 Å². The number of aromatic amines is 1. The standard InChI is InChI=1S/C10H8BrFN4O/c1-5-13-9(16-15-5)10(17)14-8-4-6(11)2-3-7(8)12/h2-4H,1H3,(H,14,17)(H,13,15,16). The Bertz CT molecular complexity index is 569. The number of nitrogens with zero attached hydrogens (tertiary/aromatic N) is 2. The smallest absolute Gasteiger partial charge is 0.295 e. The van der Waals surface area contributed by atoms with Gasteiger partial charge >= 0.3 is 0 Å². The van der Waals surface area contributed by atoms with Gasteiger partial charge in [-0.1, -0.05) is 15.9 Å². The van der Waals surface area contributed by atoms with Crippen molar-refractivity contribution < 1.29 is 9.18 Å². The quantitative estimate of drug-likeness (QED) is 0.893. The van der Waals surface area contributed by atoms with Crippen molar-refractivity contribution in [2.45, 2.75) is 6.92 Å². The van der Waals surface area contributed by atoms with Crippen LogP contribution in [0.1, 0.15) is 16.4 Å². The number of carbonyl (C=O) groups is 1. The van der Waals surface area contributed by atoms with Gasteiger partial charge in [-0.15, -0.1) is 5.10 Å². The summed E-state index contributed by atoms with van der Waals surface area (Å²) in [4.78, 5) is 15.5. The fraction of sp³-hybridized carbons (Fsp3) is 0.100. The lowest BCUT2D eigenvalue weighted by atomic mass is 10.3. The summed E-state index contributed by atoms with van der Waals surface area (Å²) in [7, 11) is 0. The Balaban J connectivity index is 2.21. The Labute approximate surface area is 105 Å². The van der Waals surface area contributed by atoms with Crippen molar-refractivity contribution >= 4 is 27.5 Å². The second kappa shape index (κ2) is 4.62. The molecule has 0 spiro atoms. The molecule has 0 fully saturated rings. The van der Waals surface area contributed by atoms with E-state index in [-0.39, 0.29) is 11.5 Å². The van der Waals surface area contributed by atoms with Crippen LogP contribution in [-0.2, 0) is 0 Å². The molecule has 0 unspecified atom stereocenters. The average Bonchev–Trinajstić information content (AvgIpc) is 2.70. The molecule has 5 nitrogen and oxygen atoms in total. The number of benzene rings is 1. The first-order valence-corrected chi connectivity index (χ1v) is 5.51. The maximum absolute atomic E-state index is 13.4. The van der Waals surface area contributed by atoms with Crippen molar-refractivity contribution in [3.05, 3.63) is 40.1 Å². The highest BCUT2D eigenvalue weighted by molar-refractivity contribution is 9.10. The lowest BCUT2D eigenvalue weighted by molar-refractivity contribution is 0.101. The molecule has 17 heavy (non-hydrogen) atoms. The van der Waals surface area contributed by atoms with Gasteiger partial charge in [0.2, 0.25) is 5.82 Å².